The zero-order chi connectivity index (χ0) is 44.4. The third-order valence-corrected chi connectivity index (χ3v) is 13.2. The lowest BCUT2D eigenvalue weighted by atomic mass is 9.71. The maximum atomic E-state index is 13.8. The van der Waals surface area contributed by atoms with Gasteiger partial charge in [0, 0.05) is 29.5 Å². The first-order valence-electron chi connectivity index (χ1n) is 20.0. The van der Waals surface area contributed by atoms with Crippen LogP contribution in [0.3, 0.4) is 0 Å². The number of aliphatic hydroxyl groups excluding tert-OH is 2. The van der Waals surface area contributed by atoms with Gasteiger partial charge in [0.1, 0.15) is 29.5 Å². The highest BCUT2D eigenvalue weighted by Crippen LogP contribution is 2.53. The van der Waals surface area contributed by atoms with Crippen molar-refractivity contribution < 1.29 is 62.4 Å². The van der Waals surface area contributed by atoms with Gasteiger partial charge in [-0.3, -0.25) is 18.9 Å². The molecule has 0 spiro atoms. The monoisotopic (exact) mass is 846 g/mol. The molecular formula is C46H54O13S. The summed E-state index contributed by atoms with van der Waals surface area (Å²) in [6.07, 6.45) is -2.08. The van der Waals surface area contributed by atoms with Crippen LogP contribution >= 0.6 is 0 Å². The van der Waals surface area contributed by atoms with Crippen molar-refractivity contribution in [2.45, 2.75) is 108 Å². The molecule has 4 aromatic rings. The Kier molecular flexibility index (Phi) is 12.2. The van der Waals surface area contributed by atoms with Gasteiger partial charge in [0.15, 0.2) is 11.6 Å². The Morgan fingerprint density at radius 3 is 2.23 bits per heavy atom. The number of Topliss-reactive ketones (excluding diaryl/α,β-unsaturated/α-hetero) is 1. The fraction of sp³-hybridized carbons (Fsp3) is 0.457. The fourth-order valence-electron chi connectivity index (χ4n) is 9.15. The molecule has 0 heterocycles. The number of phenols is 2. The number of phenolic OH excluding ortho intramolecular Hbond substituents is 2. The summed E-state index contributed by atoms with van der Waals surface area (Å²) in [6, 6.07) is 13.5. The Hall–Kier alpha value is -4.70. The quantitative estimate of drug-likeness (QED) is 0.0782. The lowest BCUT2D eigenvalue weighted by molar-refractivity contribution is -0.153. The van der Waals surface area contributed by atoms with Gasteiger partial charge in [0.05, 0.1) is 47.0 Å². The zero-order valence-corrected chi connectivity index (χ0v) is 35.9. The molecule has 0 amide bonds. The summed E-state index contributed by atoms with van der Waals surface area (Å²) in [6.45, 7) is 13.0. The molecule has 0 saturated heterocycles. The minimum Gasteiger partial charge on any atom is -0.507 e. The first-order valence-corrected chi connectivity index (χ1v) is 21.5. The van der Waals surface area contributed by atoms with E-state index in [4.69, 9.17) is 9.47 Å². The molecule has 4 aromatic carbocycles. The molecule has 0 radical (unpaired) electrons. The van der Waals surface area contributed by atoms with Gasteiger partial charge in [0.2, 0.25) is 5.78 Å². The van der Waals surface area contributed by atoms with Crippen molar-refractivity contribution in [1.29, 1.82) is 0 Å². The predicted octanol–water partition coefficient (Wildman–Crippen LogP) is 6.30. The molecule has 1 saturated carbocycles. The maximum absolute atomic E-state index is 13.8. The summed E-state index contributed by atoms with van der Waals surface area (Å²) < 4.78 is 43.8. The molecule has 14 heteroatoms. The van der Waals surface area contributed by atoms with E-state index in [2.05, 4.69) is 0 Å². The topological polar surface area (TPSA) is 225 Å². The van der Waals surface area contributed by atoms with Crippen molar-refractivity contribution in [2.24, 2.45) is 17.8 Å². The molecule has 6 atom stereocenters. The van der Waals surface area contributed by atoms with Crippen LogP contribution in [0, 0.1) is 24.7 Å². The molecule has 0 unspecified atom stereocenters. The standard InChI is InChI=1S/C31H36O10.C15H18O3S/c1-13(2)17-9-15(8-14(3)26(17)34)41-20-11-31(39,21(33)12-32)10-18-23(20)30(38)25-24(28(18)36)27(35)16-6-5-7-19(40-4)22(16)29(25)37;1-10-5-6-13-11(7-10)8-12(19(16,17)18)9-14(13)15(2,3)4/h5-7,13-15,17,20,26,32,34,36,38-39H,8-12H2,1-4H3;5-9H,1-4H3,(H,16,17,18)/t14-,15-,17-,20+,26-,31+;/m0./s1. The number of benzene rings is 4. The van der Waals surface area contributed by atoms with E-state index < -0.39 is 87.0 Å². The molecule has 1 fully saturated rings. The van der Waals surface area contributed by atoms with E-state index in [1.807, 2.05) is 66.7 Å². The Balaban J connectivity index is 0.000000265. The lowest BCUT2D eigenvalue weighted by Gasteiger charge is -2.43. The van der Waals surface area contributed by atoms with E-state index in [1.54, 1.807) is 6.07 Å². The lowest BCUT2D eigenvalue weighted by Crippen LogP contribution is -2.48. The highest BCUT2D eigenvalue weighted by atomic mass is 32.2. The second-order valence-corrected chi connectivity index (χ2v) is 19.3. The highest BCUT2D eigenvalue weighted by Gasteiger charge is 2.50. The van der Waals surface area contributed by atoms with Crippen molar-refractivity contribution in [3.05, 3.63) is 93.0 Å². The van der Waals surface area contributed by atoms with E-state index in [1.165, 1.54) is 31.4 Å². The molecule has 3 aliphatic carbocycles. The maximum Gasteiger partial charge on any atom is 0.294 e. The van der Waals surface area contributed by atoms with Crippen molar-refractivity contribution in [1.82, 2.24) is 0 Å². The number of aliphatic hydroxyl groups is 3. The second kappa shape index (κ2) is 16.3. The molecule has 60 heavy (non-hydrogen) atoms. The Labute approximate surface area is 349 Å². The Morgan fingerprint density at radius 1 is 0.967 bits per heavy atom. The van der Waals surface area contributed by atoms with Crippen LogP contribution in [0.1, 0.15) is 121 Å². The van der Waals surface area contributed by atoms with Gasteiger partial charge >= 0.3 is 0 Å². The number of carbonyl (C=O) groups is 3. The van der Waals surface area contributed by atoms with E-state index in [0.29, 0.717) is 12.8 Å². The van der Waals surface area contributed by atoms with Crippen molar-refractivity contribution in [2.75, 3.05) is 13.7 Å². The molecule has 0 bridgehead atoms. The van der Waals surface area contributed by atoms with Gasteiger partial charge < -0.3 is 35.0 Å². The van der Waals surface area contributed by atoms with Gasteiger partial charge in [0.25, 0.3) is 10.1 Å². The van der Waals surface area contributed by atoms with Gasteiger partial charge in [-0.25, -0.2) is 0 Å². The molecule has 0 aromatic heterocycles. The second-order valence-electron chi connectivity index (χ2n) is 17.9. The summed E-state index contributed by atoms with van der Waals surface area (Å²) in [5.41, 5.74) is -1.37. The van der Waals surface area contributed by atoms with Crippen LogP contribution in [0.2, 0.25) is 0 Å². The first kappa shape index (κ1) is 44.8. The van der Waals surface area contributed by atoms with Crippen molar-refractivity contribution >= 4 is 38.2 Å². The zero-order valence-electron chi connectivity index (χ0n) is 35.1. The van der Waals surface area contributed by atoms with Gasteiger partial charge in [-0.05, 0) is 77.5 Å². The number of carbonyl (C=O) groups excluding carboxylic acids is 3. The fourth-order valence-corrected chi connectivity index (χ4v) is 9.69. The first-order chi connectivity index (χ1) is 27.9. The van der Waals surface area contributed by atoms with Crippen LogP contribution in [0.4, 0.5) is 0 Å². The van der Waals surface area contributed by atoms with Crippen molar-refractivity contribution in [3.8, 4) is 17.2 Å². The third kappa shape index (κ3) is 8.08. The molecular weight excluding hydrogens is 793 g/mol. The average molecular weight is 847 g/mol. The average Bonchev–Trinajstić information content (AvgIpc) is 3.17. The van der Waals surface area contributed by atoms with Gasteiger partial charge in [-0.2, -0.15) is 8.42 Å². The van der Waals surface area contributed by atoms with E-state index >= 15 is 0 Å². The van der Waals surface area contributed by atoms with Crippen molar-refractivity contribution in [3.63, 3.8) is 0 Å². The number of methoxy groups -OCH3 is 1. The van der Waals surface area contributed by atoms with Crippen LogP contribution in [0.25, 0.3) is 10.8 Å². The van der Waals surface area contributed by atoms with Gasteiger partial charge in [-0.1, -0.05) is 77.4 Å². The van der Waals surface area contributed by atoms with Gasteiger partial charge in [-0.15, -0.1) is 0 Å². The van der Waals surface area contributed by atoms with E-state index in [0.717, 1.165) is 21.9 Å². The molecule has 6 N–H and O–H groups in total. The summed E-state index contributed by atoms with van der Waals surface area (Å²) >= 11 is 0. The number of aromatic hydroxyl groups is 2. The number of hydrogen-bond acceptors (Lipinski definition) is 12. The normalized spacial score (nSPS) is 24.0. The van der Waals surface area contributed by atoms with Crippen LogP contribution < -0.4 is 4.74 Å². The Morgan fingerprint density at radius 2 is 1.63 bits per heavy atom. The summed E-state index contributed by atoms with van der Waals surface area (Å²) in [7, 11) is -2.84. The molecule has 3 aliphatic rings. The van der Waals surface area contributed by atoms with Crippen LogP contribution in [-0.2, 0) is 31.5 Å². The minimum absolute atomic E-state index is 0.0102. The number of rotatable bonds is 7. The largest absolute Gasteiger partial charge is 0.507 e. The van der Waals surface area contributed by atoms with Crippen LogP contribution in [-0.4, -0.2) is 87.4 Å². The summed E-state index contributed by atoms with van der Waals surface area (Å²) in [4.78, 5) is 40.0. The third-order valence-electron chi connectivity index (χ3n) is 12.3. The Bertz CT molecular complexity index is 2500. The predicted molar refractivity (Wildman–Crippen MR) is 223 cm³/mol. The molecule has 0 aliphatic heterocycles. The number of hydrogen-bond donors (Lipinski definition) is 6. The van der Waals surface area contributed by atoms with Crippen LogP contribution in [0.5, 0.6) is 17.2 Å². The SMILES string of the molecule is COc1cccc2c1C(=O)c1c(O)c3c(c(O)c1C2=O)C[C@](O)(C(=O)CO)C[C@H]3O[C@H]1C[C@H](C)[C@H](O)[C@H](C(C)C)C1.Cc1ccc2c(C(C)(C)C)cc(S(=O)(=O)O)cc2c1. The minimum atomic E-state index is -4.19. The molecule has 322 valence electrons. The number of ether oxygens (including phenoxy) is 2. The highest BCUT2D eigenvalue weighted by molar-refractivity contribution is 7.85. The van der Waals surface area contributed by atoms with Crippen LogP contribution in [0.15, 0.2) is 53.4 Å². The summed E-state index contributed by atoms with van der Waals surface area (Å²) in [5.74, 6) is -3.48. The number of aryl methyl sites for hydroxylation is 1. The molecule has 13 nitrogen and oxygen atoms in total. The summed E-state index contributed by atoms with van der Waals surface area (Å²) in [5, 5.41) is 56.7. The smallest absolute Gasteiger partial charge is 0.294 e. The van der Waals surface area contributed by atoms with E-state index in [9.17, 15) is 52.9 Å². The van der Waals surface area contributed by atoms with E-state index in [-0.39, 0.29) is 62.5 Å². The number of fused-ring (bicyclic) bond motifs is 4. The number of ketones is 3. The molecule has 7 rings (SSSR count).